The lowest BCUT2D eigenvalue weighted by Gasteiger charge is -2.18. The normalized spacial score (nSPS) is 9.71. The summed E-state index contributed by atoms with van der Waals surface area (Å²) in [6, 6.07) is 5.04. The Bertz CT molecular complexity index is 443. The van der Waals surface area contributed by atoms with E-state index in [9.17, 15) is 9.59 Å². The quantitative estimate of drug-likeness (QED) is 0.774. The number of pyridine rings is 1. The van der Waals surface area contributed by atoms with Crippen LogP contribution < -0.4 is 0 Å². The van der Waals surface area contributed by atoms with Crippen LogP contribution in [0.3, 0.4) is 0 Å². The monoisotopic (exact) mass is 234 g/mol. The van der Waals surface area contributed by atoms with Crippen molar-refractivity contribution in [2.45, 2.75) is 6.92 Å². The number of hydrogen-bond acceptors (Lipinski definition) is 3. The molecule has 0 atom stereocenters. The molecule has 1 heterocycles. The first-order valence-electron chi connectivity index (χ1n) is 5.10. The van der Waals surface area contributed by atoms with Gasteiger partial charge in [-0.3, -0.25) is 9.59 Å². The summed E-state index contributed by atoms with van der Waals surface area (Å²) in [5.74, 6) is -1.47. The van der Waals surface area contributed by atoms with Gasteiger partial charge in [-0.2, -0.15) is 0 Å². The van der Waals surface area contributed by atoms with Crippen molar-refractivity contribution >= 4 is 11.9 Å². The van der Waals surface area contributed by atoms with Crippen LogP contribution in [0.2, 0.25) is 0 Å². The summed E-state index contributed by atoms with van der Waals surface area (Å²) in [6.45, 7) is 5.08. The van der Waals surface area contributed by atoms with Gasteiger partial charge in [-0.05, 0) is 19.1 Å². The van der Waals surface area contributed by atoms with Gasteiger partial charge in [0.1, 0.15) is 12.2 Å². The second-order valence-electron chi connectivity index (χ2n) is 3.53. The van der Waals surface area contributed by atoms with E-state index in [0.29, 0.717) is 5.69 Å². The molecule has 90 valence electrons. The highest BCUT2D eigenvalue weighted by atomic mass is 16.4. The van der Waals surface area contributed by atoms with Crippen molar-refractivity contribution in [3.8, 4) is 0 Å². The predicted octanol–water partition coefficient (Wildman–Crippen LogP) is 1.10. The lowest BCUT2D eigenvalue weighted by atomic mass is 10.2. The lowest BCUT2D eigenvalue weighted by molar-refractivity contribution is -0.137. The molecule has 0 aromatic carbocycles. The molecule has 0 saturated carbocycles. The predicted molar refractivity (Wildman–Crippen MR) is 62.7 cm³/mol. The molecule has 1 aromatic heterocycles. The van der Waals surface area contributed by atoms with E-state index < -0.39 is 11.9 Å². The molecule has 0 fully saturated rings. The number of hydrogen-bond donors (Lipinski definition) is 1. The van der Waals surface area contributed by atoms with Crippen molar-refractivity contribution in [2.75, 3.05) is 13.1 Å². The molecule has 1 rings (SSSR count). The first kappa shape index (κ1) is 12.9. The van der Waals surface area contributed by atoms with Crippen LogP contribution in [0.1, 0.15) is 16.2 Å². The molecule has 0 spiro atoms. The summed E-state index contributed by atoms with van der Waals surface area (Å²) < 4.78 is 0. The van der Waals surface area contributed by atoms with E-state index in [1.54, 1.807) is 25.1 Å². The third kappa shape index (κ3) is 3.71. The van der Waals surface area contributed by atoms with Crippen molar-refractivity contribution in [1.82, 2.24) is 9.88 Å². The Labute approximate surface area is 99.4 Å². The lowest BCUT2D eigenvalue weighted by Crippen LogP contribution is -2.36. The van der Waals surface area contributed by atoms with Gasteiger partial charge in [-0.1, -0.05) is 12.1 Å². The second kappa shape index (κ2) is 5.79. The number of nitrogens with zero attached hydrogens (tertiary/aromatic N) is 2. The fraction of sp³-hybridized carbons (Fsp3) is 0.250. The smallest absolute Gasteiger partial charge is 0.323 e. The van der Waals surface area contributed by atoms with Crippen molar-refractivity contribution in [1.29, 1.82) is 0 Å². The maximum absolute atomic E-state index is 12.0. The van der Waals surface area contributed by atoms with Crippen LogP contribution in [0.15, 0.2) is 30.9 Å². The minimum absolute atomic E-state index is 0.181. The average molecular weight is 234 g/mol. The highest BCUT2D eigenvalue weighted by Crippen LogP contribution is 2.03. The van der Waals surface area contributed by atoms with Crippen LogP contribution in [0, 0.1) is 6.92 Å². The maximum Gasteiger partial charge on any atom is 0.323 e. The largest absolute Gasteiger partial charge is 0.480 e. The molecule has 0 bridgehead atoms. The van der Waals surface area contributed by atoms with Crippen molar-refractivity contribution in [2.24, 2.45) is 0 Å². The molecular formula is C12H14N2O3. The van der Waals surface area contributed by atoms with E-state index in [2.05, 4.69) is 11.6 Å². The van der Waals surface area contributed by atoms with Gasteiger partial charge >= 0.3 is 5.97 Å². The molecule has 0 radical (unpaired) electrons. The van der Waals surface area contributed by atoms with Crippen LogP contribution in [0.25, 0.3) is 0 Å². The summed E-state index contributed by atoms with van der Waals surface area (Å²) in [6.07, 6.45) is 1.48. The number of aliphatic carboxylic acids is 1. The van der Waals surface area contributed by atoms with E-state index in [-0.39, 0.29) is 18.8 Å². The minimum Gasteiger partial charge on any atom is -0.480 e. The topological polar surface area (TPSA) is 70.5 Å². The Morgan fingerprint density at radius 2 is 2.24 bits per heavy atom. The fourth-order valence-corrected chi connectivity index (χ4v) is 1.36. The van der Waals surface area contributed by atoms with Crippen molar-refractivity contribution in [3.05, 3.63) is 42.2 Å². The first-order valence-corrected chi connectivity index (χ1v) is 5.10. The molecule has 1 amide bonds. The van der Waals surface area contributed by atoms with Gasteiger partial charge in [-0.25, -0.2) is 4.98 Å². The molecule has 1 N–H and O–H groups in total. The van der Waals surface area contributed by atoms with E-state index in [1.807, 2.05) is 0 Å². The van der Waals surface area contributed by atoms with Gasteiger partial charge in [0.15, 0.2) is 0 Å². The third-order valence-electron chi connectivity index (χ3n) is 2.07. The standard InChI is InChI=1S/C12H14N2O3/c1-3-7-14(8-11(15)16)12(17)10-6-4-5-9(2)13-10/h3-6H,1,7-8H2,2H3,(H,15,16). The van der Waals surface area contributed by atoms with Gasteiger partial charge in [0.25, 0.3) is 5.91 Å². The molecule has 0 aliphatic rings. The molecule has 0 unspecified atom stereocenters. The number of carboxylic acid groups (broad SMARTS) is 1. The number of aryl methyl sites for hydroxylation is 1. The Morgan fingerprint density at radius 1 is 1.53 bits per heavy atom. The summed E-state index contributed by atoms with van der Waals surface area (Å²) in [5.41, 5.74) is 0.956. The van der Waals surface area contributed by atoms with Crippen LogP contribution in [-0.4, -0.2) is 40.0 Å². The molecule has 5 nitrogen and oxygen atoms in total. The second-order valence-corrected chi connectivity index (χ2v) is 3.53. The third-order valence-corrected chi connectivity index (χ3v) is 2.07. The highest BCUT2D eigenvalue weighted by molar-refractivity contribution is 5.94. The Balaban J connectivity index is 2.90. The minimum atomic E-state index is -1.06. The molecule has 1 aromatic rings. The molecular weight excluding hydrogens is 220 g/mol. The zero-order chi connectivity index (χ0) is 12.8. The molecule has 0 aliphatic carbocycles. The fourth-order valence-electron chi connectivity index (χ4n) is 1.36. The number of rotatable bonds is 5. The Morgan fingerprint density at radius 3 is 2.76 bits per heavy atom. The highest BCUT2D eigenvalue weighted by Gasteiger charge is 2.18. The van der Waals surface area contributed by atoms with Crippen LogP contribution in [0.5, 0.6) is 0 Å². The van der Waals surface area contributed by atoms with Gasteiger partial charge in [0.05, 0.1) is 0 Å². The molecule has 5 heteroatoms. The van der Waals surface area contributed by atoms with Crippen LogP contribution in [0.4, 0.5) is 0 Å². The van der Waals surface area contributed by atoms with Crippen LogP contribution >= 0.6 is 0 Å². The summed E-state index contributed by atoms with van der Waals surface area (Å²) in [7, 11) is 0. The number of carbonyl (C=O) groups excluding carboxylic acids is 1. The van der Waals surface area contributed by atoms with Crippen molar-refractivity contribution in [3.63, 3.8) is 0 Å². The molecule has 0 aliphatic heterocycles. The summed E-state index contributed by atoms with van der Waals surface area (Å²) in [4.78, 5) is 27.9. The van der Waals surface area contributed by atoms with Crippen LogP contribution in [-0.2, 0) is 4.79 Å². The Kier molecular flexibility index (Phi) is 4.39. The number of carbonyl (C=O) groups is 2. The number of aromatic nitrogens is 1. The van der Waals surface area contributed by atoms with Gasteiger partial charge in [0, 0.05) is 12.2 Å². The SMILES string of the molecule is C=CCN(CC(=O)O)C(=O)c1cccc(C)n1. The number of carboxylic acids is 1. The summed E-state index contributed by atoms with van der Waals surface area (Å²) >= 11 is 0. The van der Waals surface area contributed by atoms with Crippen molar-refractivity contribution < 1.29 is 14.7 Å². The van der Waals surface area contributed by atoms with E-state index in [1.165, 1.54) is 11.0 Å². The molecule has 0 saturated heterocycles. The first-order chi connectivity index (χ1) is 8.04. The maximum atomic E-state index is 12.0. The number of amides is 1. The molecule has 17 heavy (non-hydrogen) atoms. The van der Waals surface area contributed by atoms with E-state index in [4.69, 9.17) is 5.11 Å². The zero-order valence-corrected chi connectivity index (χ0v) is 9.59. The van der Waals surface area contributed by atoms with Gasteiger partial charge in [0.2, 0.25) is 0 Å². The van der Waals surface area contributed by atoms with Gasteiger partial charge < -0.3 is 10.0 Å². The van der Waals surface area contributed by atoms with Gasteiger partial charge in [-0.15, -0.1) is 6.58 Å². The van der Waals surface area contributed by atoms with E-state index >= 15 is 0 Å². The summed E-state index contributed by atoms with van der Waals surface area (Å²) in [5, 5.41) is 8.71. The zero-order valence-electron chi connectivity index (χ0n) is 9.59. The Hall–Kier alpha value is -2.17. The average Bonchev–Trinajstić information content (AvgIpc) is 2.27. The van der Waals surface area contributed by atoms with E-state index in [0.717, 1.165) is 0 Å².